The van der Waals surface area contributed by atoms with E-state index in [-0.39, 0.29) is 47.1 Å². The van der Waals surface area contributed by atoms with Gasteiger partial charge in [0.15, 0.2) is 5.78 Å². The summed E-state index contributed by atoms with van der Waals surface area (Å²) in [5, 5.41) is 0. The number of ketones is 1. The summed E-state index contributed by atoms with van der Waals surface area (Å²) in [5.74, 6) is 0.224. The highest BCUT2D eigenvalue weighted by Gasteiger charge is 2.30. The van der Waals surface area contributed by atoms with E-state index in [1.165, 1.54) is 47.3 Å². The molecule has 170 valence electrons. The number of hydrogen-bond acceptors (Lipinski definition) is 7. The summed E-state index contributed by atoms with van der Waals surface area (Å²) < 4.78 is 32.2. The smallest absolute Gasteiger partial charge is 0.243 e. The number of ether oxygens (including phenoxy) is 1. The SMILES string of the molecule is CC(=O)c1ccc(S(=O)(=O)N2CCN(C(=O)CSCC(=O)N3CCOCC3)CC2)cc1. The third-order valence-corrected chi connectivity index (χ3v) is 8.12. The number of carbonyl (C=O) groups is 3. The first-order valence-corrected chi connectivity index (χ1v) is 12.7. The molecule has 1 aromatic carbocycles. The van der Waals surface area contributed by atoms with E-state index in [9.17, 15) is 22.8 Å². The van der Waals surface area contributed by atoms with Gasteiger partial charge in [-0.25, -0.2) is 8.42 Å². The Labute approximate surface area is 186 Å². The predicted molar refractivity (Wildman–Crippen MR) is 117 cm³/mol. The van der Waals surface area contributed by atoms with Crippen LogP contribution in [0, 0.1) is 0 Å². The van der Waals surface area contributed by atoms with Crippen molar-refractivity contribution in [2.75, 3.05) is 64.0 Å². The minimum Gasteiger partial charge on any atom is -0.378 e. The van der Waals surface area contributed by atoms with Gasteiger partial charge >= 0.3 is 0 Å². The number of hydrogen-bond donors (Lipinski definition) is 0. The Morgan fingerprint density at radius 2 is 1.39 bits per heavy atom. The molecule has 2 aliphatic rings. The van der Waals surface area contributed by atoms with E-state index in [2.05, 4.69) is 0 Å². The van der Waals surface area contributed by atoms with Gasteiger partial charge in [0.25, 0.3) is 0 Å². The van der Waals surface area contributed by atoms with Crippen molar-refractivity contribution in [2.45, 2.75) is 11.8 Å². The Kier molecular flexibility index (Phi) is 8.09. The number of benzene rings is 1. The third kappa shape index (κ3) is 6.06. The lowest BCUT2D eigenvalue weighted by Gasteiger charge is -2.34. The summed E-state index contributed by atoms with van der Waals surface area (Å²) in [6.07, 6.45) is 0. The molecule has 2 saturated heterocycles. The monoisotopic (exact) mass is 469 g/mol. The van der Waals surface area contributed by atoms with Gasteiger partial charge in [-0.05, 0) is 19.1 Å². The number of nitrogens with zero attached hydrogens (tertiary/aromatic N) is 3. The molecule has 0 aromatic heterocycles. The van der Waals surface area contributed by atoms with Crippen LogP contribution in [-0.2, 0) is 24.3 Å². The standard InChI is InChI=1S/C20H27N3O6S2/c1-16(24)17-2-4-18(5-3-17)31(27,28)23-8-6-21(7-9-23)19(25)14-30-15-20(26)22-10-12-29-13-11-22/h2-5H,6-15H2,1H3. The van der Waals surface area contributed by atoms with Crippen LogP contribution in [0.2, 0.25) is 0 Å². The first-order valence-electron chi connectivity index (χ1n) is 10.1. The van der Waals surface area contributed by atoms with E-state index in [0.717, 1.165) is 0 Å². The molecule has 9 nitrogen and oxygen atoms in total. The van der Waals surface area contributed by atoms with Crippen molar-refractivity contribution in [3.05, 3.63) is 29.8 Å². The van der Waals surface area contributed by atoms with Gasteiger partial charge in [0.05, 0.1) is 29.6 Å². The van der Waals surface area contributed by atoms with E-state index in [0.29, 0.717) is 45.0 Å². The fourth-order valence-electron chi connectivity index (χ4n) is 3.41. The number of thioether (sulfide) groups is 1. The van der Waals surface area contributed by atoms with Crippen LogP contribution in [0.25, 0.3) is 0 Å². The second kappa shape index (κ2) is 10.6. The molecule has 2 heterocycles. The molecule has 0 saturated carbocycles. The van der Waals surface area contributed by atoms with Gasteiger partial charge in [0.2, 0.25) is 21.8 Å². The molecule has 2 aliphatic heterocycles. The van der Waals surface area contributed by atoms with E-state index < -0.39 is 10.0 Å². The molecular formula is C20H27N3O6S2. The van der Waals surface area contributed by atoms with Gasteiger partial charge in [0, 0.05) is 44.8 Å². The molecule has 0 N–H and O–H groups in total. The summed E-state index contributed by atoms with van der Waals surface area (Å²) in [6.45, 7) is 4.72. The van der Waals surface area contributed by atoms with Crippen molar-refractivity contribution < 1.29 is 27.5 Å². The molecule has 0 bridgehead atoms. The number of piperazine rings is 1. The fraction of sp³-hybridized carbons (Fsp3) is 0.550. The minimum atomic E-state index is -3.68. The van der Waals surface area contributed by atoms with Crippen molar-refractivity contribution in [3.63, 3.8) is 0 Å². The van der Waals surface area contributed by atoms with Crippen LogP contribution in [0.15, 0.2) is 29.2 Å². The number of carbonyl (C=O) groups excluding carboxylic acids is 3. The first kappa shape index (κ1) is 23.7. The van der Waals surface area contributed by atoms with Crippen LogP contribution in [0.1, 0.15) is 17.3 Å². The first-order chi connectivity index (χ1) is 14.8. The molecule has 0 atom stereocenters. The van der Waals surface area contributed by atoms with Crippen molar-refractivity contribution in [3.8, 4) is 0 Å². The lowest BCUT2D eigenvalue weighted by atomic mass is 10.2. The summed E-state index contributed by atoms with van der Waals surface area (Å²) in [6, 6.07) is 5.88. The van der Waals surface area contributed by atoms with E-state index >= 15 is 0 Å². The molecular weight excluding hydrogens is 442 g/mol. The Hall–Kier alpha value is -1.95. The van der Waals surface area contributed by atoms with Gasteiger partial charge in [0.1, 0.15) is 0 Å². The maximum absolute atomic E-state index is 12.8. The Morgan fingerprint density at radius 3 is 1.90 bits per heavy atom. The van der Waals surface area contributed by atoms with E-state index in [1.807, 2.05) is 0 Å². The van der Waals surface area contributed by atoms with Crippen molar-refractivity contribution in [1.29, 1.82) is 0 Å². The second-order valence-corrected chi connectivity index (χ2v) is 10.3. The largest absolute Gasteiger partial charge is 0.378 e. The van der Waals surface area contributed by atoms with Gasteiger partial charge in [-0.1, -0.05) is 12.1 Å². The van der Waals surface area contributed by atoms with Crippen molar-refractivity contribution in [1.82, 2.24) is 14.1 Å². The van der Waals surface area contributed by atoms with Gasteiger partial charge < -0.3 is 14.5 Å². The van der Waals surface area contributed by atoms with Gasteiger partial charge in [-0.2, -0.15) is 4.31 Å². The quantitative estimate of drug-likeness (QED) is 0.530. The highest BCUT2D eigenvalue weighted by molar-refractivity contribution is 8.00. The molecule has 0 spiro atoms. The van der Waals surface area contributed by atoms with E-state index in [4.69, 9.17) is 4.74 Å². The zero-order valence-electron chi connectivity index (χ0n) is 17.5. The molecule has 31 heavy (non-hydrogen) atoms. The maximum Gasteiger partial charge on any atom is 0.243 e. The average molecular weight is 470 g/mol. The molecule has 0 radical (unpaired) electrons. The summed E-state index contributed by atoms with van der Waals surface area (Å²) >= 11 is 1.28. The predicted octanol–water partition coefficient (Wildman–Crippen LogP) is 0.314. The van der Waals surface area contributed by atoms with Gasteiger partial charge in [-0.3, -0.25) is 14.4 Å². The molecule has 1 aromatic rings. The summed E-state index contributed by atoms with van der Waals surface area (Å²) in [4.78, 5) is 39.5. The average Bonchev–Trinajstić information content (AvgIpc) is 2.79. The highest BCUT2D eigenvalue weighted by Crippen LogP contribution is 2.19. The fourth-order valence-corrected chi connectivity index (χ4v) is 5.65. The van der Waals surface area contributed by atoms with E-state index in [1.54, 1.807) is 9.80 Å². The van der Waals surface area contributed by atoms with Crippen LogP contribution < -0.4 is 0 Å². The Balaban J connectivity index is 1.45. The summed E-state index contributed by atoms with van der Waals surface area (Å²) in [5.41, 5.74) is 0.457. The number of rotatable bonds is 7. The normalized spacial score (nSPS) is 18.1. The number of sulfonamides is 1. The lowest BCUT2D eigenvalue weighted by Crippen LogP contribution is -2.51. The molecule has 2 amide bonds. The maximum atomic E-state index is 12.8. The van der Waals surface area contributed by atoms with Crippen LogP contribution in [0.4, 0.5) is 0 Å². The van der Waals surface area contributed by atoms with Gasteiger partial charge in [-0.15, -0.1) is 11.8 Å². The van der Waals surface area contributed by atoms with Crippen molar-refractivity contribution in [2.24, 2.45) is 0 Å². The zero-order valence-corrected chi connectivity index (χ0v) is 19.1. The van der Waals surface area contributed by atoms with Crippen LogP contribution in [0.5, 0.6) is 0 Å². The third-order valence-electron chi connectivity index (χ3n) is 5.30. The molecule has 0 unspecified atom stereocenters. The Bertz CT molecular complexity index is 905. The molecule has 2 fully saturated rings. The summed E-state index contributed by atoms with van der Waals surface area (Å²) in [7, 11) is -3.68. The Morgan fingerprint density at radius 1 is 0.871 bits per heavy atom. The van der Waals surface area contributed by atoms with Crippen LogP contribution in [-0.4, -0.2) is 104 Å². The second-order valence-electron chi connectivity index (χ2n) is 7.35. The molecule has 11 heteroatoms. The van der Waals surface area contributed by atoms with Crippen LogP contribution >= 0.6 is 11.8 Å². The molecule has 3 rings (SSSR count). The highest BCUT2D eigenvalue weighted by atomic mass is 32.2. The van der Waals surface area contributed by atoms with Crippen molar-refractivity contribution >= 4 is 39.4 Å². The van der Waals surface area contributed by atoms with Crippen LogP contribution in [0.3, 0.4) is 0 Å². The molecule has 0 aliphatic carbocycles. The number of morpholine rings is 1. The minimum absolute atomic E-state index is 0.00723. The number of amides is 2. The zero-order chi connectivity index (χ0) is 22.4. The number of Topliss-reactive ketones (excluding diaryl/α,β-unsaturated/α-hetero) is 1. The lowest BCUT2D eigenvalue weighted by molar-refractivity contribution is -0.132. The topological polar surface area (TPSA) is 104 Å².